The van der Waals surface area contributed by atoms with Crippen LogP contribution in [0.1, 0.15) is 37.8 Å². The summed E-state index contributed by atoms with van der Waals surface area (Å²) in [6.07, 6.45) is 3.59. The Hall–Kier alpha value is -0.610. The smallest absolute Gasteiger partial charge is 0.141 e. The molecule has 0 aliphatic heterocycles. The van der Waals surface area contributed by atoms with Gasteiger partial charge in [0.05, 0.1) is 11.6 Å². The Morgan fingerprint density at radius 3 is 2.72 bits per heavy atom. The van der Waals surface area contributed by atoms with E-state index in [1.807, 2.05) is 0 Å². The number of rotatable bonds is 3. The Kier molecular flexibility index (Phi) is 4.28. The zero-order chi connectivity index (χ0) is 13.3. The van der Waals surface area contributed by atoms with Crippen molar-refractivity contribution in [3.8, 4) is 5.75 Å². The van der Waals surface area contributed by atoms with E-state index >= 15 is 0 Å². The predicted molar refractivity (Wildman–Crippen MR) is 74.1 cm³/mol. The molecule has 4 heteroatoms. The summed E-state index contributed by atoms with van der Waals surface area (Å²) in [4.78, 5) is 0. The number of hydrogen-bond acceptors (Lipinski definition) is 2. The fourth-order valence-corrected chi connectivity index (χ4v) is 3.28. The quantitative estimate of drug-likeness (QED) is 0.913. The molecule has 18 heavy (non-hydrogen) atoms. The second-order valence-electron chi connectivity index (χ2n) is 5.11. The Morgan fingerprint density at radius 2 is 2.17 bits per heavy atom. The van der Waals surface area contributed by atoms with Gasteiger partial charge in [-0.3, -0.25) is 0 Å². The molecule has 0 radical (unpaired) electrons. The zero-order valence-electron chi connectivity index (χ0n) is 10.7. The Bertz CT molecular complexity index is 438. The molecule has 3 unspecified atom stereocenters. The summed E-state index contributed by atoms with van der Waals surface area (Å²) in [6, 6.07) is 3.07. The minimum atomic E-state index is -0.317. The first-order valence-electron chi connectivity index (χ1n) is 6.33. The Morgan fingerprint density at radius 1 is 1.44 bits per heavy atom. The van der Waals surface area contributed by atoms with Crippen LogP contribution in [0.25, 0.3) is 0 Å². The highest BCUT2D eigenvalue weighted by molar-refractivity contribution is 9.10. The fourth-order valence-electron chi connectivity index (χ4n) is 2.92. The van der Waals surface area contributed by atoms with Crippen LogP contribution in [-0.4, -0.2) is 7.11 Å². The molecular formula is C14H19BrFNO. The number of halogens is 2. The van der Waals surface area contributed by atoms with Gasteiger partial charge in [-0.05, 0) is 40.3 Å². The van der Waals surface area contributed by atoms with E-state index in [0.29, 0.717) is 22.1 Å². The SMILES string of the molecule is COc1cc(F)c(Br)cc1C(N)C1CCCC1C. The summed E-state index contributed by atoms with van der Waals surface area (Å²) < 4.78 is 19.2. The van der Waals surface area contributed by atoms with Gasteiger partial charge in [0.2, 0.25) is 0 Å². The summed E-state index contributed by atoms with van der Waals surface area (Å²) in [5, 5.41) is 0. The van der Waals surface area contributed by atoms with E-state index in [1.165, 1.54) is 18.9 Å². The average Bonchev–Trinajstić information content (AvgIpc) is 2.77. The molecule has 0 heterocycles. The maximum atomic E-state index is 13.5. The molecule has 1 aromatic carbocycles. The van der Waals surface area contributed by atoms with Gasteiger partial charge < -0.3 is 10.5 Å². The van der Waals surface area contributed by atoms with Crippen LogP contribution in [0.15, 0.2) is 16.6 Å². The van der Waals surface area contributed by atoms with Crippen molar-refractivity contribution in [2.24, 2.45) is 17.6 Å². The number of ether oxygens (including phenoxy) is 1. The summed E-state index contributed by atoms with van der Waals surface area (Å²) in [5.74, 6) is 1.30. The number of methoxy groups -OCH3 is 1. The molecule has 1 fully saturated rings. The van der Waals surface area contributed by atoms with Gasteiger partial charge in [-0.2, -0.15) is 0 Å². The predicted octanol–water partition coefficient (Wildman–Crippen LogP) is 4.03. The van der Waals surface area contributed by atoms with E-state index in [2.05, 4.69) is 22.9 Å². The van der Waals surface area contributed by atoms with Gasteiger partial charge in [-0.1, -0.05) is 19.8 Å². The molecule has 0 spiro atoms. The topological polar surface area (TPSA) is 35.2 Å². The first-order valence-corrected chi connectivity index (χ1v) is 7.12. The van der Waals surface area contributed by atoms with Gasteiger partial charge in [0.1, 0.15) is 11.6 Å². The van der Waals surface area contributed by atoms with Crippen LogP contribution < -0.4 is 10.5 Å². The highest BCUT2D eigenvalue weighted by Gasteiger charge is 2.31. The van der Waals surface area contributed by atoms with Crippen molar-refractivity contribution in [2.45, 2.75) is 32.2 Å². The number of nitrogens with two attached hydrogens (primary N) is 1. The second kappa shape index (κ2) is 5.57. The third-order valence-corrected chi connectivity index (χ3v) is 4.63. The van der Waals surface area contributed by atoms with Crippen molar-refractivity contribution in [3.05, 3.63) is 28.0 Å². The molecule has 0 saturated heterocycles. The van der Waals surface area contributed by atoms with Crippen LogP contribution in [-0.2, 0) is 0 Å². The zero-order valence-corrected chi connectivity index (χ0v) is 12.3. The van der Waals surface area contributed by atoms with Gasteiger partial charge >= 0.3 is 0 Å². The molecule has 1 aliphatic rings. The second-order valence-corrected chi connectivity index (χ2v) is 5.96. The molecule has 1 aromatic rings. The molecular weight excluding hydrogens is 297 g/mol. The Balaban J connectivity index is 2.34. The van der Waals surface area contributed by atoms with E-state index in [9.17, 15) is 4.39 Å². The van der Waals surface area contributed by atoms with Crippen molar-refractivity contribution in [1.29, 1.82) is 0 Å². The van der Waals surface area contributed by atoms with Crippen LogP contribution in [0.4, 0.5) is 4.39 Å². The van der Waals surface area contributed by atoms with E-state index < -0.39 is 0 Å². The molecule has 2 rings (SSSR count). The van der Waals surface area contributed by atoms with Gasteiger partial charge in [0.15, 0.2) is 0 Å². The number of hydrogen-bond donors (Lipinski definition) is 1. The lowest BCUT2D eigenvalue weighted by atomic mass is 9.86. The van der Waals surface area contributed by atoms with Crippen molar-refractivity contribution in [3.63, 3.8) is 0 Å². The minimum Gasteiger partial charge on any atom is -0.496 e. The molecule has 2 nitrogen and oxygen atoms in total. The maximum Gasteiger partial charge on any atom is 0.141 e. The molecule has 2 N–H and O–H groups in total. The molecule has 1 saturated carbocycles. The normalized spacial score (nSPS) is 25.2. The molecule has 0 aromatic heterocycles. The molecule has 0 amide bonds. The van der Waals surface area contributed by atoms with Crippen molar-refractivity contribution in [2.75, 3.05) is 7.11 Å². The fraction of sp³-hybridized carbons (Fsp3) is 0.571. The summed E-state index contributed by atoms with van der Waals surface area (Å²) in [5.41, 5.74) is 7.26. The van der Waals surface area contributed by atoms with Crippen molar-refractivity contribution in [1.82, 2.24) is 0 Å². The van der Waals surface area contributed by atoms with Crippen molar-refractivity contribution >= 4 is 15.9 Å². The molecule has 0 bridgehead atoms. The first kappa shape index (κ1) is 13.8. The monoisotopic (exact) mass is 315 g/mol. The third-order valence-electron chi connectivity index (χ3n) is 4.02. The lowest BCUT2D eigenvalue weighted by molar-refractivity contribution is 0.335. The highest BCUT2D eigenvalue weighted by atomic mass is 79.9. The van der Waals surface area contributed by atoms with Crippen LogP contribution >= 0.6 is 15.9 Å². The van der Waals surface area contributed by atoms with Gasteiger partial charge in [-0.25, -0.2) is 4.39 Å². The van der Waals surface area contributed by atoms with Crippen LogP contribution in [0.2, 0.25) is 0 Å². The average molecular weight is 316 g/mol. The lowest BCUT2D eigenvalue weighted by Crippen LogP contribution is -2.24. The number of benzene rings is 1. The summed E-state index contributed by atoms with van der Waals surface area (Å²) in [6.45, 7) is 2.24. The first-order chi connectivity index (χ1) is 8.54. The van der Waals surface area contributed by atoms with E-state index in [4.69, 9.17) is 10.5 Å². The largest absolute Gasteiger partial charge is 0.496 e. The summed E-state index contributed by atoms with van der Waals surface area (Å²) >= 11 is 3.22. The Labute approximate surface area is 116 Å². The minimum absolute atomic E-state index is 0.0886. The van der Waals surface area contributed by atoms with Crippen LogP contribution in [0, 0.1) is 17.7 Å². The van der Waals surface area contributed by atoms with Crippen molar-refractivity contribution < 1.29 is 9.13 Å². The molecule has 100 valence electrons. The van der Waals surface area contributed by atoms with E-state index in [1.54, 1.807) is 13.2 Å². The molecule has 1 aliphatic carbocycles. The van der Waals surface area contributed by atoms with Crippen LogP contribution in [0.3, 0.4) is 0 Å². The van der Waals surface area contributed by atoms with E-state index in [0.717, 1.165) is 12.0 Å². The highest BCUT2D eigenvalue weighted by Crippen LogP contribution is 2.42. The van der Waals surface area contributed by atoms with Crippen LogP contribution in [0.5, 0.6) is 5.75 Å². The standard InChI is InChI=1S/C14H19BrFNO/c1-8-4-3-5-9(8)14(17)10-6-11(15)12(16)7-13(10)18-2/h6-9,14H,3-5,17H2,1-2H3. The van der Waals surface area contributed by atoms with E-state index in [-0.39, 0.29) is 11.9 Å². The third kappa shape index (κ3) is 2.54. The van der Waals surface area contributed by atoms with Gasteiger partial charge in [0, 0.05) is 17.7 Å². The summed E-state index contributed by atoms with van der Waals surface area (Å²) in [7, 11) is 1.55. The maximum absolute atomic E-state index is 13.5. The van der Waals surface area contributed by atoms with Gasteiger partial charge in [0.25, 0.3) is 0 Å². The lowest BCUT2D eigenvalue weighted by Gasteiger charge is -2.25. The van der Waals surface area contributed by atoms with Gasteiger partial charge in [-0.15, -0.1) is 0 Å². The molecule has 3 atom stereocenters.